The summed E-state index contributed by atoms with van der Waals surface area (Å²) in [5, 5.41) is 0. The Morgan fingerprint density at radius 3 is 1.97 bits per heavy atom. The minimum atomic E-state index is -5.80. The van der Waals surface area contributed by atoms with Gasteiger partial charge < -0.3 is 14.2 Å². The van der Waals surface area contributed by atoms with Crippen LogP contribution in [0.5, 0.6) is 0 Å². The van der Waals surface area contributed by atoms with Gasteiger partial charge in [0.25, 0.3) is 0 Å². The van der Waals surface area contributed by atoms with Gasteiger partial charge in [0.2, 0.25) is 5.92 Å². The van der Waals surface area contributed by atoms with E-state index in [1.165, 1.54) is 0 Å². The molecule has 0 aromatic rings. The van der Waals surface area contributed by atoms with E-state index < -0.39 is 48.0 Å². The van der Waals surface area contributed by atoms with Crippen molar-refractivity contribution in [2.45, 2.75) is 69.0 Å². The molecule has 0 heterocycles. The van der Waals surface area contributed by atoms with Crippen molar-refractivity contribution in [1.29, 1.82) is 0 Å². The zero-order valence-corrected chi connectivity index (χ0v) is 16.9. The molecule has 0 spiro atoms. The monoisotopic (exact) mass is 458 g/mol. The highest BCUT2D eigenvalue weighted by molar-refractivity contribution is 5.87. The predicted octanol–water partition coefficient (Wildman–Crippen LogP) is 4.50. The second-order valence-electron chi connectivity index (χ2n) is 9.03. The third kappa shape index (κ3) is 5.18. The van der Waals surface area contributed by atoms with Crippen molar-refractivity contribution < 1.29 is 50.1 Å². The molecular weight excluding hydrogens is 434 g/mol. The van der Waals surface area contributed by atoms with Gasteiger partial charge in [-0.15, -0.1) is 0 Å². The van der Waals surface area contributed by atoms with Gasteiger partial charge in [0.05, 0.1) is 12.2 Å². The molecule has 31 heavy (non-hydrogen) atoms. The molecule has 0 N–H and O–H groups in total. The van der Waals surface area contributed by atoms with Crippen LogP contribution in [0, 0.1) is 17.8 Å². The fourth-order valence-electron chi connectivity index (χ4n) is 5.60. The van der Waals surface area contributed by atoms with E-state index in [1.54, 1.807) is 6.92 Å². The lowest BCUT2D eigenvalue weighted by molar-refractivity contribution is -0.283. The van der Waals surface area contributed by atoms with E-state index in [2.05, 4.69) is 11.3 Å². The molecule has 0 aromatic heterocycles. The quantitative estimate of drug-likeness (QED) is 0.243. The van der Waals surface area contributed by atoms with Crippen LogP contribution in [-0.2, 0) is 23.8 Å². The molecule has 0 saturated heterocycles. The maximum absolute atomic E-state index is 12.6. The summed E-state index contributed by atoms with van der Waals surface area (Å²) in [7, 11) is 0. The maximum atomic E-state index is 12.6. The molecule has 5 nitrogen and oxygen atoms in total. The van der Waals surface area contributed by atoms with Gasteiger partial charge in [-0.2, -0.15) is 26.3 Å². The number of alkyl halides is 6. The lowest BCUT2D eigenvalue weighted by atomic mass is 9.52. The van der Waals surface area contributed by atoms with Crippen LogP contribution in [0.4, 0.5) is 26.3 Å². The van der Waals surface area contributed by atoms with E-state index in [-0.39, 0.29) is 24.0 Å². The van der Waals surface area contributed by atoms with E-state index in [0.29, 0.717) is 32.1 Å². The van der Waals surface area contributed by atoms with E-state index in [9.17, 15) is 35.9 Å². The van der Waals surface area contributed by atoms with E-state index in [4.69, 9.17) is 9.47 Å². The van der Waals surface area contributed by atoms with Crippen LogP contribution >= 0.6 is 0 Å². The van der Waals surface area contributed by atoms with E-state index in [0.717, 1.165) is 6.42 Å². The fraction of sp³-hybridized carbons (Fsp3) is 0.800. The predicted molar refractivity (Wildman–Crippen MR) is 93.6 cm³/mol. The standard InChI is InChI=1S/C20H24F6O5/c1-11(2)15(27)31-18-8-12-5-13(9-18)7-17(6-12,10-18)30-4-3-29-16(28)14(19(21,22)23)20(24,25)26/h12-14H,1,3-10H2,2H3. The lowest BCUT2D eigenvalue weighted by Gasteiger charge is -2.60. The van der Waals surface area contributed by atoms with Gasteiger partial charge in [0, 0.05) is 12.0 Å². The summed E-state index contributed by atoms with van der Waals surface area (Å²) in [6, 6.07) is 0. The van der Waals surface area contributed by atoms with Crippen molar-refractivity contribution in [1.82, 2.24) is 0 Å². The Labute approximate surface area is 175 Å². The van der Waals surface area contributed by atoms with Crippen molar-refractivity contribution in [3.8, 4) is 0 Å². The zero-order chi connectivity index (χ0) is 23.2. The van der Waals surface area contributed by atoms with Gasteiger partial charge in [-0.05, 0) is 50.9 Å². The van der Waals surface area contributed by atoms with Crippen LogP contribution in [-0.4, -0.2) is 48.7 Å². The Balaban J connectivity index is 1.59. The number of carbonyl (C=O) groups is 2. The Bertz CT molecular complexity index is 715. The van der Waals surface area contributed by atoms with Crippen molar-refractivity contribution in [3.63, 3.8) is 0 Å². The summed E-state index contributed by atoms with van der Waals surface area (Å²) in [6.45, 7) is 4.03. The van der Waals surface area contributed by atoms with Crippen LogP contribution in [0.2, 0.25) is 0 Å². The summed E-state index contributed by atoms with van der Waals surface area (Å²) in [5.41, 5.74) is -1.16. The van der Waals surface area contributed by atoms with Gasteiger partial charge >= 0.3 is 24.3 Å². The lowest BCUT2D eigenvalue weighted by Crippen LogP contribution is -2.61. The number of hydrogen-bond acceptors (Lipinski definition) is 5. The Hall–Kier alpha value is -1.78. The molecule has 2 unspecified atom stereocenters. The Morgan fingerprint density at radius 2 is 1.48 bits per heavy atom. The number of carbonyl (C=O) groups excluding carboxylic acids is 2. The SMILES string of the molecule is C=C(C)C(=O)OC12CC3CC(CC(OCCOC(=O)C(C(F)(F)F)C(F)(F)F)(C3)C1)C2. The highest BCUT2D eigenvalue weighted by Gasteiger charge is 2.63. The van der Waals surface area contributed by atoms with E-state index >= 15 is 0 Å². The summed E-state index contributed by atoms with van der Waals surface area (Å²) in [6.07, 6.45) is -7.59. The third-order valence-electron chi connectivity index (χ3n) is 6.24. The van der Waals surface area contributed by atoms with Crippen molar-refractivity contribution in [3.05, 3.63) is 12.2 Å². The van der Waals surface area contributed by atoms with Crippen molar-refractivity contribution >= 4 is 11.9 Å². The average Bonchev–Trinajstić information content (AvgIpc) is 2.54. The summed E-state index contributed by atoms with van der Waals surface area (Å²) in [4.78, 5) is 23.5. The number of rotatable bonds is 7. The molecule has 4 fully saturated rings. The Kier molecular flexibility index (Phi) is 6.14. The first-order valence-corrected chi connectivity index (χ1v) is 9.98. The number of esters is 2. The number of ether oxygens (including phenoxy) is 3. The first-order chi connectivity index (χ1) is 14.1. The van der Waals surface area contributed by atoms with Crippen LogP contribution in [0.1, 0.15) is 45.4 Å². The highest BCUT2D eigenvalue weighted by Crippen LogP contribution is 2.60. The summed E-state index contributed by atoms with van der Waals surface area (Å²) >= 11 is 0. The molecule has 176 valence electrons. The van der Waals surface area contributed by atoms with Crippen LogP contribution in [0.25, 0.3) is 0 Å². The van der Waals surface area contributed by atoms with Gasteiger partial charge in [-0.1, -0.05) is 6.58 Å². The minimum absolute atomic E-state index is 0.238. The smallest absolute Gasteiger partial charge is 0.411 e. The van der Waals surface area contributed by atoms with Crippen molar-refractivity contribution in [2.24, 2.45) is 17.8 Å². The minimum Gasteiger partial charge on any atom is -0.463 e. The first-order valence-electron chi connectivity index (χ1n) is 9.98. The maximum Gasteiger partial charge on any atom is 0.411 e. The molecule has 0 amide bonds. The largest absolute Gasteiger partial charge is 0.463 e. The molecule has 4 aliphatic carbocycles. The fourth-order valence-corrected chi connectivity index (χ4v) is 5.60. The molecule has 4 aliphatic rings. The third-order valence-corrected chi connectivity index (χ3v) is 6.24. The molecule has 0 aromatic carbocycles. The van der Waals surface area contributed by atoms with Crippen LogP contribution in [0.3, 0.4) is 0 Å². The van der Waals surface area contributed by atoms with Gasteiger partial charge in [0.15, 0.2) is 0 Å². The molecule has 0 radical (unpaired) electrons. The molecule has 4 rings (SSSR count). The second-order valence-corrected chi connectivity index (χ2v) is 9.03. The number of halogens is 6. The average molecular weight is 458 g/mol. The van der Waals surface area contributed by atoms with E-state index in [1.807, 2.05) is 0 Å². The topological polar surface area (TPSA) is 61.8 Å². The molecule has 0 aliphatic heterocycles. The second kappa shape index (κ2) is 7.97. The molecule has 4 bridgehead atoms. The van der Waals surface area contributed by atoms with Gasteiger partial charge in [-0.3, -0.25) is 4.79 Å². The first kappa shape index (κ1) is 23.9. The highest BCUT2D eigenvalue weighted by atomic mass is 19.4. The van der Waals surface area contributed by atoms with Crippen LogP contribution < -0.4 is 0 Å². The van der Waals surface area contributed by atoms with Crippen molar-refractivity contribution in [2.75, 3.05) is 13.2 Å². The summed E-state index contributed by atoms with van der Waals surface area (Å²) < 4.78 is 91.3. The number of hydrogen-bond donors (Lipinski definition) is 0. The van der Waals surface area contributed by atoms with Gasteiger partial charge in [0.1, 0.15) is 12.2 Å². The molecule has 4 saturated carbocycles. The molecular formula is C20H24F6O5. The Morgan fingerprint density at radius 1 is 0.968 bits per heavy atom. The normalized spacial score (nSPS) is 32.3. The summed E-state index contributed by atoms with van der Waals surface area (Å²) in [5.74, 6) is -6.62. The van der Waals surface area contributed by atoms with Crippen LogP contribution in [0.15, 0.2) is 12.2 Å². The van der Waals surface area contributed by atoms with Gasteiger partial charge in [-0.25, -0.2) is 4.79 Å². The zero-order valence-electron chi connectivity index (χ0n) is 16.9. The molecule has 2 atom stereocenters. The molecule has 11 heteroatoms.